The molecule has 0 nitrogen and oxygen atoms in total. The van der Waals surface area contributed by atoms with Gasteiger partial charge in [-0.2, -0.15) is 0 Å². The van der Waals surface area contributed by atoms with E-state index >= 15 is 0 Å². The molecule has 0 N–H and O–H groups in total. The van der Waals surface area contributed by atoms with Crippen molar-refractivity contribution in [2.24, 2.45) is 5.92 Å². The standard InChI is InChI=1S/3C9H12.3C8H10.C8H16.C7H8/c1-7-4-8(2)6-9(3)5-7;1-7-4-5-8(2)9(3)6-7;1-7-5-4-6-8(2)9(7)3;1-7-3-5-8(2)6-4-7;1-7-4-3-5-8(2)6-7;1-7-5-3-4-6-8(7)2;1-2-8-6-4-3-5-7-8;1-7-5-3-2-4-6-7/h3*4-6H,1-3H3;3*3-6H,1-2H3;8H,2-7H2,1H3;2-6H,1H3/i;;;;;;3D2,4D2,5D2,6D2,7D2;. The summed E-state index contributed by atoms with van der Waals surface area (Å²) in [6, 6.07) is 55.0. The second-order valence-electron chi connectivity index (χ2n) is 17.4. The van der Waals surface area contributed by atoms with Crippen LogP contribution in [-0.4, -0.2) is 0 Å². The van der Waals surface area contributed by atoms with Crippen molar-refractivity contribution >= 4 is 0 Å². The van der Waals surface area contributed by atoms with Crippen molar-refractivity contribution < 1.29 is 13.7 Å². The molecule has 0 bridgehead atoms. The lowest BCUT2D eigenvalue weighted by molar-refractivity contribution is 0.349. The smallest absolute Gasteiger partial charge is 0.0269 e. The van der Waals surface area contributed by atoms with Gasteiger partial charge < -0.3 is 0 Å². The Kier molecular flexibility index (Phi) is 22.2. The molecular weight excluding hydrogens is 793 g/mol. The van der Waals surface area contributed by atoms with Gasteiger partial charge in [0.2, 0.25) is 0 Å². The average molecular weight is 894 g/mol. The van der Waals surface area contributed by atoms with E-state index in [9.17, 15) is 0 Å². The fourth-order valence-corrected chi connectivity index (χ4v) is 6.15. The molecule has 0 heterocycles. The van der Waals surface area contributed by atoms with E-state index in [-0.39, 0.29) is 6.42 Å². The Morgan fingerprint density at radius 3 is 0.939 bits per heavy atom. The van der Waals surface area contributed by atoms with Crippen molar-refractivity contribution in [3.05, 3.63) is 247 Å². The molecule has 1 aliphatic carbocycles. The molecule has 1 saturated carbocycles. The van der Waals surface area contributed by atoms with Crippen molar-refractivity contribution in [3.63, 3.8) is 0 Å². The van der Waals surface area contributed by atoms with Crippen molar-refractivity contribution in [2.45, 2.75) is 156 Å². The van der Waals surface area contributed by atoms with Crippen LogP contribution in [0.25, 0.3) is 0 Å². The van der Waals surface area contributed by atoms with Crippen molar-refractivity contribution in [1.29, 1.82) is 0 Å². The maximum atomic E-state index is 7.72. The molecule has 1 fully saturated rings. The quantitative estimate of drug-likeness (QED) is 0.154. The molecule has 0 amide bonds. The second kappa shape index (κ2) is 33.9. The van der Waals surface area contributed by atoms with E-state index in [4.69, 9.17) is 13.7 Å². The number of hydrogen-bond donors (Lipinski definition) is 0. The van der Waals surface area contributed by atoms with Gasteiger partial charge in [0.1, 0.15) is 0 Å². The summed E-state index contributed by atoms with van der Waals surface area (Å²) in [5.41, 5.74) is 21.7. The Morgan fingerprint density at radius 1 is 0.303 bits per heavy atom. The first-order chi connectivity index (χ1) is 35.1. The van der Waals surface area contributed by atoms with Gasteiger partial charge in [0.05, 0.1) is 0 Å². The third-order valence-electron chi connectivity index (χ3n) is 10.7. The van der Waals surface area contributed by atoms with Crippen LogP contribution in [0.4, 0.5) is 0 Å². The summed E-state index contributed by atoms with van der Waals surface area (Å²) in [4.78, 5) is 0. The normalized spacial score (nSPS) is 17.2. The molecule has 8 rings (SSSR count). The zero-order valence-electron chi connectivity index (χ0n) is 53.8. The van der Waals surface area contributed by atoms with Crippen molar-refractivity contribution in [1.82, 2.24) is 0 Å². The monoisotopic (exact) mass is 893 g/mol. The predicted octanol–water partition coefficient (Wildman–Crippen LogP) is 19.7. The zero-order valence-corrected chi connectivity index (χ0v) is 43.8. The highest BCUT2D eigenvalue weighted by atomic mass is 14.2. The van der Waals surface area contributed by atoms with Crippen LogP contribution in [-0.2, 0) is 0 Å². The number of hydrogen-bond acceptors (Lipinski definition) is 0. The van der Waals surface area contributed by atoms with E-state index < -0.39 is 37.8 Å². The van der Waals surface area contributed by atoms with Gasteiger partial charge in [-0.3, -0.25) is 0 Å². The summed E-state index contributed by atoms with van der Waals surface area (Å²) in [5.74, 6) is -1.56. The third kappa shape index (κ3) is 28.4. The van der Waals surface area contributed by atoms with Gasteiger partial charge in [-0.15, -0.1) is 0 Å². The van der Waals surface area contributed by atoms with Crippen LogP contribution >= 0.6 is 0 Å². The first-order valence-electron chi connectivity index (χ1n) is 28.3. The topological polar surface area (TPSA) is 0 Å². The molecular formula is C66H90. The van der Waals surface area contributed by atoms with Crippen LogP contribution in [0, 0.1) is 117 Å². The average Bonchev–Trinajstić information content (AvgIpc) is 3.32. The van der Waals surface area contributed by atoms with E-state index in [0.29, 0.717) is 0 Å². The van der Waals surface area contributed by atoms with Gasteiger partial charge in [-0.05, 0) is 156 Å². The van der Waals surface area contributed by atoms with Crippen LogP contribution in [0.3, 0.4) is 0 Å². The van der Waals surface area contributed by atoms with Crippen LogP contribution < -0.4 is 0 Å². The summed E-state index contributed by atoms with van der Waals surface area (Å²) < 4.78 is 76.4. The minimum atomic E-state index is -3.27. The maximum Gasteiger partial charge on any atom is 0.0269 e. The second-order valence-corrected chi connectivity index (χ2v) is 17.4. The van der Waals surface area contributed by atoms with Gasteiger partial charge in [-0.25, -0.2) is 0 Å². The molecule has 0 radical (unpaired) electrons. The van der Waals surface area contributed by atoms with E-state index in [2.05, 4.69) is 250 Å². The molecule has 7 aromatic rings. The largest absolute Gasteiger partial charge is 0.0651 e. The summed E-state index contributed by atoms with van der Waals surface area (Å²) in [5, 5.41) is 0. The zero-order chi connectivity index (χ0) is 58.4. The Labute approximate surface area is 421 Å². The maximum absolute atomic E-state index is 7.72. The van der Waals surface area contributed by atoms with Gasteiger partial charge >= 0.3 is 0 Å². The highest BCUT2D eigenvalue weighted by Gasteiger charge is 2.09. The minimum Gasteiger partial charge on any atom is -0.0651 e. The number of aryl methyl sites for hydroxylation is 15. The fraction of sp³-hybridized carbons (Fsp3) is 0.364. The predicted molar refractivity (Wildman–Crippen MR) is 298 cm³/mol. The van der Waals surface area contributed by atoms with Gasteiger partial charge in [0, 0.05) is 13.7 Å². The van der Waals surface area contributed by atoms with Crippen molar-refractivity contribution in [2.75, 3.05) is 0 Å². The van der Waals surface area contributed by atoms with Crippen LogP contribution in [0.15, 0.2) is 158 Å². The molecule has 0 spiro atoms. The SMILES string of the molecule is Cc1cc(C)cc(C)c1.Cc1ccc(C)c(C)c1.Cc1ccc(C)cc1.Cc1cccc(C)c1.Cc1cccc(C)c1C.Cc1ccccc1.Cc1ccccc1C.[2H]C1([2H])C(CC)C([2H])([2H])C([2H])([2H])C([2H])([2H])C1([2H])[2H]. The van der Waals surface area contributed by atoms with Gasteiger partial charge in [0.25, 0.3) is 0 Å². The lowest BCUT2D eigenvalue weighted by Gasteiger charge is -2.18. The lowest BCUT2D eigenvalue weighted by atomic mass is 9.88. The Hall–Kier alpha value is -5.46. The first-order valence-corrected chi connectivity index (χ1v) is 23.3. The summed E-state index contributed by atoms with van der Waals surface area (Å²) in [7, 11) is 0. The Bertz CT molecular complexity index is 2630. The summed E-state index contributed by atoms with van der Waals surface area (Å²) in [6.07, 6.45) is -15.2. The molecule has 0 heteroatoms. The van der Waals surface area contributed by atoms with Gasteiger partial charge in [0.15, 0.2) is 0 Å². The van der Waals surface area contributed by atoms with Crippen LogP contribution in [0.5, 0.6) is 0 Å². The molecule has 0 aromatic heterocycles. The third-order valence-corrected chi connectivity index (χ3v) is 10.7. The van der Waals surface area contributed by atoms with E-state index in [0.717, 1.165) is 0 Å². The highest BCUT2D eigenvalue weighted by Crippen LogP contribution is 2.25. The molecule has 354 valence electrons. The summed E-state index contributed by atoms with van der Waals surface area (Å²) in [6.45, 7) is 35.4. The Morgan fingerprint density at radius 2 is 0.621 bits per heavy atom. The Balaban J connectivity index is 0.000000444. The van der Waals surface area contributed by atoms with E-state index in [1.165, 1.54) is 95.9 Å². The lowest BCUT2D eigenvalue weighted by Crippen LogP contribution is -2.03. The minimum absolute atomic E-state index is 0.116. The van der Waals surface area contributed by atoms with Crippen molar-refractivity contribution in [3.8, 4) is 0 Å². The number of benzene rings is 7. The molecule has 7 aromatic carbocycles. The van der Waals surface area contributed by atoms with Crippen LogP contribution in [0.2, 0.25) is 0 Å². The van der Waals surface area contributed by atoms with E-state index in [1.54, 1.807) is 0 Å². The molecule has 0 saturated heterocycles. The molecule has 0 aliphatic heterocycles. The molecule has 66 heavy (non-hydrogen) atoms. The fourth-order valence-electron chi connectivity index (χ4n) is 6.15. The number of rotatable bonds is 1. The first kappa shape index (κ1) is 43.1. The highest BCUT2D eigenvalue weighted by molar-refractivity contribution is 5.32. The molecule has 0 unspecified atom stereocenters. The van der Waals surface area contributed by atoms with E-state index in [1.807, 2.05) is 18.2 Å². The summed E-state index contributed by atoms with van der Waals surface area (Å²) >= 11 is 0. The molecule has 1 aliphatic rings. The van der Waals surface area contributed by atoms with Crippen LogP contribution in [0.1, 0.15) is 148 Å². The van der Waals surface area contributed by atoms with Gasteiger partial charge in [-0.1, -0.05) is 253 Å². The molecule has 0 atom stereocenters.